The third-order valence-electron chi connectivity index (χ3n) is 4.30. The third kappa shape index (κ3) is 6.74. The number of fused-ring (bicyclic) bond motifs is 1. The van der Waals surface area contributed by atoms with E-state index in [9.17, 15) is 4.79 Å². The number of aliphatic hydroxyl groups is 1. The van der Waals surface area contributed by atoms with Crippen molar-refractivity contribution in [2.24, 2.45) is 0 Å². The molecule has 31 heavy (non-hydrogen) atoms. The first-order chi connectivity index (χ1) is 14.3. The molecule has 0 atom stereocenters. The second-order valence-electron chi connectivity index (χ2n) is 7.27. The minimum absolute atomic E-state index is 0. The van der Waals surface area contributed by atoms with E-state index >= 15 is 0 Å². The minimum Gasteiger partial charge on any atom is -0.512 e. The van der Waals surface area contributed by atoms with E-state index in [-0.39, 0.29) is 31.6 Å². The molecule has 4 aromatic rings. The van der Waals surface area contributed by atoms with Crippen molar-refractivity contribution >= 4 is 16.8 Å². The maximum atomic E-state index is 10.0. The number of furan rings is 1. The normalized spacial score (nSPS) is 10.8. The summed E-state index contributed by atoms with van der Waals surface area (Å²) in [6, 6.07) is 21.5. The van der Waals surface area contributed by atoms with E-state index in [4.69, 9.17) is 9.52 Å². The molecule has 0 saturated carbocycles. The van der Waals surface area contributed by atoms with Crippen LogP contribution in [0.5, 0.6) is 0 Å². The van der Waals surface area contributed by atoms with Crippen LogP contribution in [0.15, 0.2) is 77.0 Å². The summed E-state index contributed by atoms with van der Waals surface area (Å²) in [5, 5.41) is 9.38. The molecule has 0 spiro atoms. The quantitative estimate of drug-likeness (QED) is 0.166. The monoisotopic (exact) mass is 591 g/mol. The Morgan fingerprint density at radius 2 is 1.77 bits per heavy atom. The van der Waals surface area contributed by atoms with Gasteiger partial charge in [0.15, 0.2) is 5.78 Å². The zero-order valence-corrected chi connectivity index (χ0v) is 20.3. The van der Waals surface area contributed by atoms with E-state index in [1.54, 1.807) is 0 Å². The number of aromatic nitrogens is 1. The first-order valence-corrected chi connectivity index (χ1v) is 9.65. The number of ketones is 1. The molecule has 0 aliphatic rings. The van der Waals surface area contributed by atoms with Gasteiger partial charge in [0, 0.05) is 43.3 Å². The van der Waals surface area contributed by atoms with Crippen molar-refractivity contribution in [3.63, 3.8) is 0 Å². The van der Waals surface area contributed by atoms with Gasteiger partial charge >= 0.3 is 0 Å². The van der Waals surface area contributed by atoms with E-state index < -0.39 is 0 Å². The molecule has 0 amide bonds. The van der Waals surface area contributed by atoms with Crippen molar-refractivity contribution in [2.75, 3.05) is 0 Å². The Balaban J connectivity index is 0.000000373. The summed E-state index contributed by atoms with van der Waals surface area (Å²) < 4.78 is 6.07. The molecule has 1 radical (unpaired) electrons. The zero-order chi connectivity index (χ0) is 21.7. The van der Waals surface area contributed by atoms with Gasteiger partial charge in [-0.05, 0) is 57.7 Å². The van der Waals surface area contributed by atoms with Gasteiger partial charge in [0.25, 0.3) is 0 Å². The molecular formula is C26H24IrNO3-. The fourth-order valence-corrected chi connectivity index (χ4v) is 3.19. The standard InChI is InChI=1S/C21H16NO.C5H8O2.Ir/c1-14-8-15(2)10-17(9-14)20-11-18-13-22-19(12-21(18)23-20)16-6-4-3-5-7-16;1-4(6)3-5(2)7;/h3-6,8-13H,1-2H3;3,6H,1-2H3;/q-1;;/b;4-3-;. The summed E-state index contributed by atoms with van der Waals surface area (Å²) in [4.78, 5) is 14.5. The molecule has 2 aromatic carbocycles. The average Bonchev–Trinajstić information content (AvgIpc) is 3.11. The largest absolute Gasteiger partial charge is 0.512 e. The number of carbonyl (C=O) groups excluding carboxylic acids is 1. The molecule has 0 aliphatic heterocycles. The number of hydrogen-bond donors (Lipinski definition) is 1. The van der Waals surface area contributed by atoms with Crippen LogP contribution in [0, 0.1) is 19.9 Å². The van der Waals surface area contributed by atoms with Crippen LogP contribution in [-0.4, -0.2) is 15.9 Å². The summed E-state index contributed by atoms with van der Waals surface area (Å²) in [7, 11) is 0. The summed E-state index contributed by atoms with van der Waals surface area (Å²) in [6.07, 6.45) is 3.03. The van der Waals surface area contributed by atoms with E-state index in [1.807, 2.05) is 36.5 Å². The van der Waals surface area contributed by atoms with Crippen molar-refractivity contribution in [2.45, 2.75) is 27.7 Å². The van der Waals surface area contributed by atoms with Crippen molar-refractivity contribution in [1.82, 2.24) is 4.98 Å². The molecular weight excluding hydrogens is 567 g/mol. The van der Waals surface area contributed by atoms with Gasteiger partial charge in [-0.15, -0.1) is 35.9 Å². The van der Waals surface area contributed by atoms with Crippen LogP contribution in [0.25, 0.3) is 33.6 Å². The molecule has 4 nitrogen and oxygen atoms in total. The number of pyridine rings is 1. The van der Waals surface area contributed by atoms with Gasteiger partial charge in [-0.2, -0.15) is 0 Å². The summed E-state index contributed by atoms with van der Waals surface area (Å²) in [5.74, 6) is 0.815. The predicted octanol–water partition coefficient (Wildman–Crippen LogP) is 6.61. The molecule has 0 fully saturated rings. The predicted molar refractivity (Wildman–Crippen MR) is 120 cm³/mol. The Morgan fingerprint density at radius 1 is 1.06 bits per heavy atom. The van der Waals surface area contributed by atoms with Gasteiger partial charge in [-0.3, -0.25) is 4.79 Å². The zero-order valence-electron chi connectivity index (χ0n) is 17.9. The SMILES string of the molecule is CC(=O)/C=C(/C)O.Cc1cc(C)cc(-c2cc3cnc(-c4[c-]cccc4)cc3o2)c1.[Ir]. The molecule has 1 N–H and O–H groups in total. The molecule has 5 heteroatoms. The topological polar surface area (TPSA) is 63.3 Å². The van der Waals surface area contributed by atoms with Crippen LogP contribution in [0.3, 0.4) is 0 Å². The molecule has 161 valence electrons. The fraction of sp³-hybridized carbons (Fsp3) is 0.154. The Morgan fingerprint density at radius 3 is 2.32 bits per heavy atom. The van der Waals surface area contributed by atoms with E-state index in [1.165, 1.54) is 31.1 Å². The Labute approximate surface area is 196 Å². The van der Waals surface area contributed by atoms with Crippen LogP contribution in [0.2, 0.25) is 0 Å². The van der Waals surface area contributed by atoms with Crippen LogP contribution in [-0.2, 0) is 24.9 Å². The molecule has 2 aromatic heterocycles. The van der Waals surface area contributed by atoms with Gasteiger partial charge in [0.05, 0.1) is 5.76 Å². The number of nitrogens with zero attached hydrogens (tertiary/aromatic N) is 1. The first-order valence-electron chi connectivity index (χ1n) is 9.65. The maximum Gasteiger partial charge on any atom is 0.155 e. The number of aliphatic hydroxyl groups excluding tert-OH is 1. The van der Waals surface area contributed by atoms with Gasteiger partial charge in [-0.1, -0.05) is 17.2 Å². The summed E-state index contributed by atoms with van der Waals surface area (Å²) in [6.45, 7) is 7.05. The van der Waals surface area contributed by atoms with Crippen molar-refractivity contribution in [3.05, 3.63) is 89.8 Å². The fourth-order valence-electron chi connectivity index (χ4n) is 3.19. The van der Waals surface area contributed by atoms with Crippen LogP contribution < -0.4 is 0 Å². The number of carbonyl (C=O) groups is 1. The average molecular weight is 591 g/mol. The van der Waals surface area contributed by atoms with Crippen molar-refractivity contribution in [1.29, 1.82) is 0 Å². The van der Waals surface area contributed by atoms with Crippen molar-refractivity contribution in [3.8, 4) is 22.6 Å². The maximum absolute atomic E-state index is 10.0. The molecule has 4 rings (SSSR count). The minimum atomic E-state index is -0.125. The van der Waals surface area contributed by atoms with Gasteiger partial charge < -0.3 is 14.5 Å². The van der Waals surface area contributed by atoms with Crippen LogP contribution in [0.1, 0.15) is 25.0 Å². The van der Waals surface area contributed by atoms with Crippen LogP contribution in [0.4, 0.5) is 0 Å². The Bertz CT molecular complexity index is 1190. The van der Waals surface area contributed by atoms with E-state index in [2.05, 4.69) is 49.2 Å². The van der Waals surface area contributed by atoms with Crippen LogP contribution >= 0.6 is 0 Å². The second kappa shape index (κ2) is 10.9. The number of rotatable bonds is 3. The van der Waals surface area contributed by atoms with E-state index in [0.717, 1.165) is 33.6 Å². The summed E-state index contributed by atoms with van der Waals surface area (Å²) in [5.41, 5.74) is 6.27. The Kier molecular flexibility index (Phi) is 8.49. The number of aryl methyl sites for hydroxylation is 2. The molecule has 0 saturated heterocycles. The molecule has 0 aliphatic carbocycles. The second-order valence-corrected chi connectivity index (χ2v) is 7.27. The number of benzene rings is 2. The molecule has 0 bridgehead atoms. The molecule has 2 heterocycles. The van der Waals surface area contributed by atoms with Gasteiger partial charge in [0.2, 0.25) is 0 Å². The van der Waals surface area contributed by atoms with Gasteiger partial charge in [0.1, 0.15) is 11.3 Å². The Hall–Kier alpha value is -3.01. The van der Waals surface area contributed by atoms with Gasteiger partial charge in [-0.25, -0.2) is 0 Å². The third-order valence-corrected chi connectivity index (χ3v) is 4.30. The smallest absolute Gasteiger partial charge is 0.155 e. The number of allylic oxidation sites excluding steroid dienone is 2. The first kappa shape index (κ1) is 24.3. The summed E-state index contributed by atoms with van der Waals surface area (Å²) >= 11 is 0. The van der Waals surface area contributed by atoms with E-state index in [0.29, 0.717) is 0 Å². The number of hydrogen-bond acceptors (Lipinski definition) is 4. The van der Waals surface area contributed by atoms with Crippen molar-refractivity contribution < 1.29 is 34.4 Å². The molecule has 0 unspecified atom stereocenters.